The monoisotopic (exact) mass is 292 g/mol. The first-order valence-electron chi connectivity index (χ1n) is 5.87. The van der Waals surface area contributed by atoms with Gasteiger partial charge in [-0.05, 0) is 31.2 Å². The number of rotatable bonds is 3. The van der Waals surface area contributed by atoms with Crippen molar-refractivity contribution in [3.05, 3.63) is 70.9 Å². The van der Waals surface area contributed by atoms with Crippen molar-refractivity contribution in [3.63, 3.8) is 0 Å². The van der Waals surface area contributed by atoms with Gasteiger partial charge in [-0.25, -0.2) is 12.8 Å². The molecular formula is C15H13FO3S. The minimum Gasteiger partial charge on any atom is -0.506 e. The van der Waals surface area contributed by atoms with Gasteiger partial charge in [-0.3, -0.25) is 0 Å². The summed E-state index contributed by atoms with van der Waals surface area (Å²) in [5.74, 6) is -1.30. The quantitative estimate of drug-likeness (QED) is 0.881. The molecule has 20 heavy (non-hydrogen) atoms. The van der Waals surface area contributed by atoms with Crippen LogP contribution in [-0.2, 0) is 9.84 Å². The van der Waals surface area contributed by atoms with Crippen molar-refractivity contribution in [2.24, 2.45) is 0 Å². The molecule has 5 heteroatoms. The number of halogens is 1. The van der Waals surface area contributed by atoms with Crippen molar-refractivity contribution >= 4 is 15.6 Å². The van der Waals surface area contributed by atoms with E-state index in [0.717, 1.165) is 11.6 Å². The van der Waals surface area contributed by atoms with E-state index >= 15 is 0 Å². The second-order valence-electron chi connectivity index (χ2n) is 4.34. The average molecular weight is 292 g/mol. The molecule has 2 aromatic carbocycles. The fourth-order valence-corrected chi connectivity index (χ4v) is 2.75. The van der Waals surface area contributed by atoms with Crippen molar-refractivity contribution < 1.29 is 17.9 Å². The Morgan fingerprint density at radius 2 is 1.70 bits per heavy atom. The molecule has 0 atom stereocenters. The molecule has 0 radical (unpaired) electrons. The van der Waals surface area contributed by atoms with Gasteiger partial charge < -0.3 is 5.11 Å². The standard InChI is InChI=1S/C15H13FO3S/c1-11-6-8-12(9-7-11)20(18,19)10-15(17)13-4-2-3-5-14(13)16/h2-10,17H,1H3. The second kappa shape index (κ2) is 5.46. The van der Waals surface area contributed by atoms with Gasteiger partial charge in [-0.2, -0.15) is 0 Å². The van der Waals surface area contributed by atoms with Crippen molar-refractivity contribution in [1.82, 2.24) is 0 Å². The Labute approximate surface area is 116 Å². The maximum atomic E-state index is 13.5. The first-order valence-corrected chi connectivity index (χ1v) is 7.42. The predicted octanol–water partition coefficient (Wildman–Crippen LogP) is 3.46. The maximum Gasteiger partial charge on any atom is 0.203 e. The molecule has 2 rings (SSSR count). The Bertz CT molecular complexity index is 747. The van der Waals surface area contributed by atoms with E-state index < -0.39 is 21.4 Å². The van der Waals surface area contributed by atoms with Gasteiger partial charge in [0.2, 0.25) is 9.84 Å². The van der Waals surface area contributed by atoms with E-state index in [2.05, 4.69) is 0 Å². The third kappa shape index (κ3) is 3.05. The van der Waals surface area contributed by atoms with E-state index in [-0.39, 0.29) is 10.5 Å². The van der Waals surface area contributed by atoms with Crippen LogP contribution in [0, 0.1) is 12.7 Å². The normalized spacial score (nSPS) is 12.4. The van der Waals surface area contributed by atoms with Crippen LogP contribution in [0.2, 0.25) is 0 Å². The zero-order valence-electron chi connectivity index (χ0n) is 10.7. The summed E-state index contributed by atoms with van der Waals surface area (Å²) in [7, 11) is -3.82. The van der Waals surface area contributed by atoms with E-state index in [1.807, 2.05) is 6.92 Å². The summed E-state index contributed by atoms with van der Waals surface area (Å²) in [6.45, 7) is 1.84. The van der Waals surface area contributed by atoms with Crippen LogP contribution in [-0.4, -0.2) is 13.5 Å². The van der Waals surface area contributed by atoms with Gasteiger partial charge in [-0.1, -0.05) is 29.8 Å². The van der Waals surface area contributed by atoms with Crippen molar-refractivity contribution in [2.45, 2.75) is 11.8 Å². The fraction of sp³-hybridized carbons (Fsp3) is 0.0667. The van der Waals surface area contributed by atoms with Crippen LogP contribution in [0.3, 0.4) is 0 Å². The average Bonchev–Trinajstić information content (AvgIpc) is 2.39. The van der Waals surface area contributed by atoms with E-state index in [1.165, 1.54) is 30.3 Å². The van der Waals surface area contributed by atoms with Crippen LogP contribution in [0.4, 0.5) is 4.39 Å². The molecule has 0 aliphatic carbocycles. The number of aliphatic hydroxyl groups excluding tert-OH is 1. The molecule has 0 spiro atoms. The zero-order chi connectivity index (χ0) is 14.8. The molecule has 0 saturated heterocycles. The Hall–Kier alpha value is -2.14. The number of sulfone groups is 1. The Balaban J connectivity index is 2.43. The van der Waals surface area contributed by atoms with Crippen LogP contribution in [0.1, 0.15) is 11.1 Å². The molecule has 104 valence electrons. The van der Waals surface area contributed by atoms with Gasteiger partial charge in [0, 0.05) is 0 Å². The number of aryl methyl sites for hydroxylation is 1. The topological polar surface area (TPSA) is 54.4 Å². The fourth-order valence-electron chi connectivity index (χ4n) is 1.68. The van der Waals surface area contributed by atoms with Crippen LogP contribution in [0.25, 0.3) is 5.76 Å². The first-order chi connectivity index (χ1) is 9.40. The van der Waals surface area contributed by atoms with Crippen LogP contribution in [0.15, 0.2) is 58.8 Å². The van der Waals surface area contributed by atoms with Gasteiger partial charge in [0.15, 0.2) is 0 Å². The molecule has 0 saturated carbocycles. The molecule has 0 unspecified atom stereocenters. The Morgan fingerprint density at radius 3 is 2.30 bits per heavy atom. The molecule has 3 nitrogen and oxygen atoms in total. The van der Waals surface area contributed by atoms with E-state index in [0.29, 0.717) is 5.41 Å². The molecule has 0 aliphatic rings. The molecule has 0 fully saturated rings. The van der Waals surface area contributed by atoms with E-state index in [9.17, 15) is 17.9 Å². The summed E-state index contributed by atoms with van der Waals surface area (Å²) in [4.78, 5) is 0.0472. The second-order valence-corrected chi connectivity index (χ2v) is 6.14. The molecule has 0 amide bonds. The molecule has 0 aliphatic heterocycles. The van der Waals surface area contributed by atoms with E-state index in [4.69, 9.17) is 0 Å². The summed E-state index contributed by atoms with van der Waals surface area (Å²) in [6.07, 6.45) is 0. The molecule has 2 aromatic rings. The Kier molecular flexibility index (Phi) is 3.90. The highest BCUT2D eigenvalue weighted by atomic mass is 32.2. The SMILES string of the molecule is Cc1ccc(S(=O)(=O)C=C(O)c2ccccc2F)cc1. The highest BCUT2D eigenvalue weighted by Crippen LogP contribution is 2.20. The lowest BCUT2D eigenvalue weighted by atomic mass is 10.2. The van der Waals surface area contributed by atoms with Crippen LogP contribution < -0.4 is 0 Å². The largest absolute Gasteiger partial charge is 0.506 e. The summed E-state index contributed by atoms with van der Waals surface area (Å²) >= 11 is 0. The molecule has 0 heterocycles. The number of hydrogen-bond donors (Lipinski definition) is 1. The first kappa shape index (κ1) is 14.3. The number of aliphatic hydroxyl groups is 1. The summed E-state index contributed by atoms with van der Waals surface area (Å²) in [5, 5.41) is 10.5. The van der Waals surface area contributed by atoms with Gasteiger partial charge in [0.05, 0.1) is 15.9 Å². The van der Waals surface area contributed by atoms with Gasteiger partial charge >= 0.3 is 0 Å². The zero-order valence-corrected chi connectivity index (χ0v) is 11.6. The van der Waals surface area contributed by atoms with Gasteiger partial charge in [0.1, 0.15) is 11.6 Å². The minimum absolute atomic E-state index is 0.0472. The molecular weight excluding hydrogens is 279 g/mol. The lowest BCUT2D eigenvalue weighted by Crippen LogP contribution is -1.99. The summed E-state index contributed by atoms with van der Waals surface area (Å²) < 4.78 is 37.6. The highest BCUT2D eigenvalue weighted by molar-refractivity contribution is 7.94. The lowest BCUT2D eigenvalue weighted by Gasteiger charge is -2.04. The van der Waals surface area contributed by atoms with Crippen molar-refractivity contribution in [1.29, 1.82) is 0 Å². The van der Waals surface area contributed by atoms with Gasteiger partial charge in [-0.15, -0.1) is 0 Å². The Morgan fingerprint density at radius 1 is 1.10 bits per heavy atom. The summed E-state index contributed by atoms with van der Waals surface area (Å²) in [5.41, 5.74) is 0.773. The third-order valence-corrected chi connectivity index (χ3v) is 4.23. The molecule has 0 bridgehead atoms. The highest BCUT2D eigenvalue weighted by Gasteiger charge is 2.15. The number of hydrogen-bond acceptors (Lipinski definition) is 3. The van der Waals surface area contributed by atoms with Gasteiger partial charge in [0.25, 0.3) is 0 Å². The molecule has 0 aromatic heterocycles. The predicted molar refractivity (Wildman–Crippen MR) is 75.4 cm³/mol. The lowest BCUT2D eigenvalue weighted by molar-refractivity contribution is 0.502. The number of benzene rings is 2. The van der Waals surface area contributed by atoms with Crippen LogP contribution in [0.5, 0.6) is 0 Å². The van der Waals surface area contributed by atoms with E-state index in [1.54, 1.807) is 12.1 Å². The van der Waals surface area contributed by atoms with Crippen LogP contribution >= 0.6 is 0 Å². The molecule has 1 N–H and O–H groups in total. The smallest absolute Gasteiger partial charge is 0.203 e. The third-order valence-electron chi connectivity index (χ3n) is 2.77. The minimum atomic E-state index is -3.82. The van der Waals surface area contributed by atoms with Crippen molar-refractivity contribution in [2.75, 3.05) is 0 Å². The van der Waals surface area contributed by atoms with Crippen molar-refractivity contribution in [3.8, 4) is 0 Å². The maximum absolute atomic E-state index is 13.5. The summed E-state index contributed by atoms with van der Waals surface area (Å²) in [6, 6.07) is 11.6.